The molecule has 0 spiro atoms. The zero-order valence-electron chi connectivity index (χ0n) is 15.0. The molecule has 1 atom stereocenters. The van der Waals surface area contributed by atoms with E-state index in [1.165, 1.54) is 4.31 Å². The van der Waals surface area contributed by atoms with Crippen LogP contribution >= 0.6 is 0 Å². The standard InChI is InChI=1S/C21H20N2O4S/c24-22-15-27-14-20-19-13-17(16-7-3-1-4-8-16)11-12-21(19)28(25,26)23(20)18-9-5-2-6-10-18/h1-13,20,22,24H,14-15H2. The van der Waals surface area contributed by atoms with Crippen LogP contribution in [0.15, 0.2) is 83.8 Å². The highest BCUT2D eigenvalue weighted by atomic mass is 32.2. The lowest BCUT2D eigenvalue weighted by Crippen LogP contribution is -2.31. The van der Waals surface area contributed by atoms with Gasteiger partial charge < -0.3 is 9.94 Å². The van der Waals surface area contributed by atoms with Crippen molar-refractivity contribution in [3.63, 3.8) is 0 Å². The smallest absolute Gasteiger partial charge is 0.265 e. The van der Waals surface area contributed by atoms with E-state index in [0.29, 0.717) is 11.3 Å². The monoisotopic (exact) mass is 396 g/mol. The van der Waals surface area contributed by atoms with Crippen LogP contribution < -0.4 is 9.79 Å². The summed E-state index contributed by atoms with van der Waals surface area (Å²) in [5.41, 5.74) is 5.15. The van der Waals surface area contributed by atoms with Crippen molar-refractivity contribution in [2.45, 2.75) is 10.9 Å². The summed E-state index contributed by atoms with van der Waals surface area (Å²) in [4.78, 5) is 0.279. The van der Waals surface area contributed by atoms with Gasteiger partial charge in [0.15, 0.2) is 0 Å². The van der Waals surface area contributed by atoms with Crippen LogP contribution in [-0.4, -0.2) is 27.0 Å². The second-order valence-electron chi connectivity index (χ2n) is 6.44. The Morgan fingerprint density at radius 2 is 1.61 bits per heavy atom. The molecular formula is C21H20N2O4S. The van der Waals surface area contributed by atoms with Gasteiger partial charge in [0.2, 0.25) is 0 Å². The summed E-state index contributed by atoms with van der Waals surface area (Å²) in [6, 6.07) is 23.6. The molecule has 1 aliphatic rings. The Morgan fingerprint density at radius 3 is 2.29 bits per heavy atom. The number of benzene rings is 3. The predicted molar refractivity (Wildman–Crippen MR) is 106 cm³/mol. The van der Waals surface area contributed by atoms with E-state index in [0.717, 1.165) is 11.1 Å². The number of hydrogen-bond acceptors (Lipinski definition) is 5. The number of para-hydroxylation sites is 1. The van der Waals surface area contributed by atoms with Gasteiger partial charge in [0.25, 0.3) is 10.0 Å². The van der Waals surface area contributed by atoms with Gasteiger partial charge in [0.1, 0.15) is 6.73 Å². The molecule has 0 saturated heterocycles. The van der Waals surface area contributed by atoms with Gasteiger partial charge in [-0.3, -0.25) is 4.31 Å². The average Bonchev–Trinajstić information content (AvgIpc) is 2.96. The molecule has 7 heteroatoms. The number of nitrogens with one attached hydrogen (secondary N) is 1. The number of sulfonamides is 1. The van der Waals surface area contributed by atoms with Crippen LogP contribution in [0.25, 0.3) is 11.1 Å². The Kier molecular flexibility index (Phi) is 5.15. The third kappa shape index (κ3) is 3.29. The Labute approximate surface area is 164 Å². The Balaban J connectivity index is 1.83. The number of ether oxygens (including phenoxy) is 1. The van der Waals surface area contributed by atoms with E-state index in [1.54, 1.807) is 30.3 Å². The molecule has 2 N–H and O–H groups in total. The fourth-order valence-electron chi connectivity index (χ4n) is 3.52. The summed E-state index contributed by atoms with van der Waals surface area (Å²) in [6.45, 7) is 0.0137. The van der Waals surface area contributed by atoms with Crippen molar-refractivity contribution in [3.8, 4) is 11.1 Å². The van der Waals surface area contributed by atoms with Crippen LogP contribution in [0.3, 0.4) is 0 Å². The second-order valence-corrected chi connectivity index (χ2v) is 8.23. The quantitative estimate of drug-likeness (QED) is 0.378. The third-order valence-corrected chi connectivity index (χ3v) is 6.66. The van der Waals surface area contributed by atoms with Crippen molar-refractivity contribution < 1.29 is 18.4 Å². The van der Waals surface area contributed by atoms with Gasteiger partial charge in [0, 0.05) is 0 Å². The van der Waals surface area contributed by atoms with Gasteiger partial charge in [-0.05, 0) is 41.0 Å². The fourth-order valence-corrected chi connectivity index (χ4v) is 5.37. The first-order chi connectivity index (χ1) is 13.6. The molecule has 3 aromatic carbocycles. The van der Waals surface area contributed by atoms with Gasteiger partial charge in [-0.1, -0.05) is 54.6 Å². The molecule has 0 bridgehead atoms. The summed E-state index contributed by atoms with van der Waals surface area (Å²) >= 11 is 0. The van der Waals surface area contributed by atoms with Crippen molar-refractivity contribution in [1.29, 1.82) is 0 Å². The number of anilines is 1. The first-order valence-electron chi connectivity index (χ1n) is 8.86. The molecule has 3 aromatic rings. The van der Waals surface area contributed by atoms with E-state index in [-0.39, 0.29) is 18.2 Å². The largest absolute Gasteiger partial charge is 0.362 e. The average molecular weight is 396 g/mol. The number of hydroxylamine groups is 1. The normalized spacial score (nSPS) is 17.5. The minimum atomic E-state index is -3.71. The summed E-state index contributed by atoms with van der Waals surface area (Å²) in [5.74, 6) is 0. The minimum absolute atomic E-state index is 0.0904. The van der Waals surface area contributed by atoms with Crippen LogP contribution in [0, 0.1) is 0 Å². The van der Waals surface area contributed by atoms with E-state index < -0.39 is 16.1 Å². The Morgan fingerprint density at radius 1 is 0.929 bits per heavy atom. The molecule has 0 aliphatic carbocycles. The van der Waals surface area contributed by atoms with Crippen LogP contribution in [0.5, 0.6) is 0 Å². The summed E-state index contributed by atoms with van der Waals surface area (Å²) in [5, 5.41) is 8.81. The van der Waals surface area contributed by atoms with Crippen LogP contribution in [-0.2, 0) is 14.8 Å². The third-order valence-electron chi connectivity index (χ3n) is 4.75. The zero-order valence-corrected chi connectivity index (χ0v) is 15.8. The molecule has 144 valence electrons. The molecule has 0 fully saturated rings. The number of rotatable bonds is 6. The van der Waals surface area contributed by atoms with Gasteiger partial charge in [-0.25, -0.2) is 8.42 Å². The highest BCUT2D eigenvalue weighted by molar-refractivity contribution is 7.93. The minimum Gasteiger partial charge on any atom is -0.362 e. The van der Waals surface area contributed by atoms with E-state index in [2.05, 4.69) is 0 Å². The summed E-state index contributed by atoms with van der Waals surface area (Å²) in [6.07, 6.45) is 0. The Hall–Kier alpha value is -2.71. The number of nitrogens with zero attached hydrogens (tertiary/aromatic N) is 1. The van der Waals surface area contributed by atoms with E-state index >= 15 is 0 Å². The molecule has 0 saturated carbocycles. The zero-order chi connectivity index (χ0) is 19.6. The van der Waals surface area contributed by atoms with Crippen LogP contribution in [0.2, 0.25) is 0 Å². The summed E-state index contributed by atoms with van der Waals surface area (Å²) < 4.78 is 33.4. The highest BCUT2D eigenvalue weighted by Crippen LogP contribution is 2.44. The lowest BCUT2D eigenvalue weighted by atomic mass is 9.99. The van der Waals surface area contributed by atoms with Gasteiger partial charge in [0.05, 0.1) is 23.2 Å². The van der Waals surface area contributed by atoms with Crippen LogP contribution in [0.1, 0.15) is 11.6 Å². The molecular weight excluding hydrogens is 376 g/mol. The fraction of sp³-hybridized carbons (Fsp3) is 0.143. The maximum Gasteiger partial charge on any atom is 0.265 e. The maximum atomic E-state index is 13.3. The van der Waals surface area contributed by atoms with Crippen molar-refractivity contribution in [2.75, 3.05) is 17.6 Å². The van der Waals surface area contributed by atoms with E-state index in [9.17, 15) is 8.42 Å². The molecule has 0 aromatic heterocycles. The maximum absolute atomic E-state index is 13.3. The number of hydrogen-bond donors (Lipinski definition) is 2. The molecule has 6 nitrogen and oxygen atoms in total. The van der Waals surface area contributed by atoms with E-state index in [1.807, 2.05) is 54.0 Å². The lowest BCUT2D eigenvalue weighted by molar-refractivity contribution is 0.0186. The molecule has 0 radical (unpaired) electrons. The van der Waals surface area contributed by atoms with Gasteiger partial charge >= 0.3 is 0 Å². The Bertz CT molecular complexity index is 1060. The number of fused-ring (bicyclic) bond motifs is 1. The lowest BCUT2D eigenvalue weighted by Gasteiger charge is -2.25. The van der Waals surface area contributed by atoms with Crippen LogP contribution in [0.4, 0.5) is 5.69 Å². The van der Waals surface area contributed by atoms with E-state index in [4.69, 9.17) is 9.94 Å². The van der Waals surface area contributed by atoms with Crippen molar-refractivity contribution in [2.24, 2.45) is 0 Å². The summed E-state index contributed by atoms with van der Waals surface area (Å²) in [7, 11) is -3.71. The SMILES string of the molecule is O=S1(=O)c2ccc(-c3ccccc3)cc2C(COCNO)N1c1ccccc1. The topological polar surface area (TPSA) is 78.9 Å². The van der Waals surface area contributed by atoms with Gasteiger partial charge in [-0.2, -0.15) is 5.48 Å². The molecule has 1 unspecified atom stereocenters. The van der Waals surface area contributed by atoms with Gasteiger partial charge in [-0.15, -0.1) is 0 Å². The molecule has 0 amide bonds. The molecule has 1 heterocycles. The molecule has 1 aliphatic heterocycles. The first kappa shape index (κ1) is 18.6. The molecule has 28 heavy (non-hydrogen) atoms. The predicted octanol–water partition coefficient (Wildman–Crippen LogP) is 3.56. The highest BCUT2D eigenvalue weighted by Gasteiger charge is 2.43. The second kappa shape index (κ2) is 7.73. The van der Waals surface area contributed by atoms with Crippen molar-refractivity contribution in [3.05, 3.63) is 84.4 Å². The molecule has 4 rings (SSSR count). The van der Waals surface area contributed by atoms with Crippen molar-refractivity contribution >= 4 is 15.7 Å². The first-order valence-corrected chi connectivity index (χ1v) is 10.3. The van der Waals surface area contributed by atoms with Crippen molar-refractivity contribution in [1.82, 2.24) is 5.48 Å².